The van der Waals surface area contributed by atoms with Crippen LogP contribution in [0.2, 0.25) is 0 Å². The fraction of sp³-hybridized carbons (Fsp3) is 1.00. The van der Waals surface area contributed by atoms with Gasteiger partial charge in [-0.3, -0.25) is 0 Å². The fourth-order valence-electron chi connectivity index (χ4n) is 3.68. The molecule has 0 aliphatic heterocycles. The van der Waals surface area contributed by atoms with E-state index in [0.717, 1.165) is 19.3 Å². The van der Waals surface area contributed by atoms with Gasteiger partial charge in [-0.15, -0.1) is 0 Å². The zero-order chi connectivity index (χ0) is 20.4. The van der Waals surface area contributed by atoms with Crippen molar-refractivity contribution in [3.63, 3.8) is 0 Å². The first-order valence-electron chi connectivity index (χ1n) is 11.5. The van der Waals surface area contributed by atoms with Crippen LogP contribution in [0.15, 0.2) is 0 Å². The Bertz CT molecular complexity index is 415. The maximum atomic E-state index is 11.2. The first-order chi connectivity index (χ1) is 12.9. The molecule has 0 radical (unpaired) electrons. The van der Waals surface area contributed by atoms with Gasteiger partial charge >= 0.3 is 51.4 Å². The summed E-state index contributed by atoms with van der Waals surface area (Å²) in [5.74, 6) is 0. The number of aliphatic hydroxyl groups is 1. The molecular formula is C22H45KO4S. The SMILES string of the molecule is CCCCCCCCCCCCCCCC(O)CCC(CCC)S(=O)(=O)[O-].[K+]. The van der Waals surface area contributed by atoms with Crippen molar-refractivity contribution in [2.75, 3.05) is 0 Å². The number of rotatable bonds is 20. The van der Waals surface area contributed by atoms with Crippen LogP contribution < -0.4 is 51.4 Å². The van der Waals surface area contributed by atoms with E-state index in [2.05, 4.69) is 6.92 Å². The molecule has 4 nitrogen and oxygen atoms in total. The van der Waals surface area contributed by atoms with E-state index in [1.807, 2.05) is 6.92 Å². The van der Waals surface area contributed by atoms with Crippen LogP contribution >= 0.6 is 0 Å². The molecule has 0 aromatic carbocycles. The number of aliphatic hydroxyl groups excluding tert-OH is 1. The van der Waals surface area contributed by atoms with Crippen molar-refractivity contribution in [2.24, 2.45) is 0 Å². The molecule has 0 bridgehead atoms. The molecular weight excluding hydrogens is 399 g/mol. The molecule has 0 aromatic heterocycles. The summed E-state index contributed by atoms with van der Waals surface area (Å²) in [4.78, 5) is 0. The predicted molar refractivity (Wildman–Crippen MR) is 114 cm³/mol. The number of unbranched alkanes of at least 4 members (excludes halogenated alkanes) is 12. The van der Waals surface area contributed by atoms with Crippen LogP contribution in [0, 0.1) is 0 Å². The summed E-state index contributed by atoms with van der Waals surface area (Å²) in [6, 6.07) is 0. The first kappa shape index (κ1) is 31.7. The van der Waals surface area contributed by atoms with Crippen LogP contribution in [0.25, 0.3) is 0 Å². The van der Waals surface area contributed by atoms with Gasteiger partial charge in [0.2, 0.25) is 0 Å². The predicted octanol–water partition coefficient (Wildman–Crippen LogP) is 3.33. The van der Waals surface area contributed by atoms with E-state index in [4.69, 9.17) is 0 Å². The summed E-state index contributed by atoms with van der Waals surface area (Å²) in [5.41, 5.74) is 0. The maximum Gasteiger partial charge on any atom is 1.00 e. The van der Waals surface area contributed by atoms with Crippen LogP contribution in [-0.2, 0) is 10.1 Å². The van der Waals surface area contributed by atoms with Gasteiger partial charge in [-0.1, -0.05) is 104 Å². The van der Waals surface area contributed by atoms with Crippen molar-refractivity contribution in [3.8, 4) is 0 Å². The van der Waals surface area contributed by atoms with E-state index in [0.29, 0.717) is 25.7 Å². The molecule has 0 saturated heterocycles. The minimum absolute atomic E-state index is 0. The summed E-state index contributed by atoms with van der Waals surface area (Å²) in [6.45, 7) is 4.13. The summed E-state index contributed by atoms with van der Waals surface area (Å²) in [6.07, 6.45) is 19.0. The molecule has 2 atom stereocenters. The normalized spacial score (nSPS) is 13.9. The van der Waals surface area contributed by atoms with E-state index in [-0.39, 0.29) is 51.4 Å². The van der Waals surface area contributed by atoms with Gasteiger partial charge in [-0.05, 0) is 25.7 Å². The quantitative estimate of drug-likeness (QED) is 0.177. The van der Waals surface area contributed by atoms with Gasteiger partial charge in [-0.25, -0.2) is 8.42 Å². The molecule has 0 aliphatic carbocycles. The minimum atomic E-state index is -4.23. The Labute approximate surface area is 218 Å². The van der Waals surface area contributed by atoms with Gasteiger partial charge in [0, 0.05) is 5.25 Å². The molecule has 2 unspecified atom stereocenters. The Morgan fingerprint density at radius 2 is 1.07 bits per heavy atom. The van der Waals surface area contributed by atoms with E-state index >= 15 is 0 Å². The third-order valence-electron chi connectivity index (χ3n) is 5.48. The maximum absolute atomic E-state index is 11.2. The second-order valence-electron chi connectivity index (χ2n) is 8.17. The third-order valence-corrected chi connectivity index (χ3v) is 6.77. The van der Waals surface area contributed by atoms with Crippen molar-refractivity contribution < 1.29 is 69.5 Å². The first-order valence-corrected chi connectivity index (χ1v) is 13.0. The van der Waals surface area contributed by atoms with E-state index in [1.54, 1.807) is 0 Å². The Morgan fingerprint density at radius 1 is 0.643 bits per heavy atom. The van der Waals surface area contributed by atoms with Gasteiger partial charge in [0.25, 0.3) is 0 Å². The van der Waals surface area contributed by atoms with Crippen LogP contribution in [0.1, 0.15) is 129 Å². The van der Waals surface area contributed by atoms with Gasteiger partial charge in [0.1, 0.15) is 0 Å². The molecule has 0 heterocycles. The molecule has 0 amide bonds. The topological polar surface area (TPSA) is 77.4 Å². The molecule has 0 fully saturated rings. The molecule has 0 spiro atoms. The van der Waals surface area contributed by atoms with E-state index in [9.17, 15) is 18.1 Å². The van der Waals surface area contributed by atoms with Gasteiger partial charge < -0.3 is 9.66 Å². The van der Waals surface area contributed by atoms with Crippen LogP contribution in [0.4, 0.5) is 0 Å². The molecule has 6 heteroatoms. The molecule has 0 aliphatic rings. The largest absolute Gasteiger partial charge is 1.00 e. The molecule has 0 rings (SSSR count). The molecule has 0 saturated carbocycles. The number of hydrogen-bond donors (Lipinski definition) is 1. The van der Waals surface area contributed by atoms with Crippen LogP contribution in [0.5, 0.6) is 0 Å². The Kier molecular flexibility index (Phi) is 24.6. The Hall–Kier alpha value is 1.51. The zero-order valence-electron chi connectivity index (χ0n) is 19.0. The van der Waals surface area contributed by atoms with Crippen molar-refractivity contribution >= 4 is 10.1 Å². The average Bonchev–Trinajstić information content (AvgIpc) is 2.61. The van der Waals surface area contributed by atoms with Crippen molar-refractivity contribution in [2.45, 2.75) is 141 Å². The van der Waals surface area contributed by atoms with Crippen LogP contribution in [0.3, 0.4) is 0 Å². The third kappa shape index (κ3) is 20.8. The summed E-state index contributed by atoms with van der Waals surface area (Å²) in [7, 11) is -4.23. The second-order valence-corrected chi connectivity index (χ2v) is 9.82. The van der Waals surface area contributed by atoms with Crippen molar-refractivity contribution in [1.29, 1.82) is 0 Å². The fourth-order valence-corrected chi connectivity index (χ4v) is 4.62. The van der Waals surface area contributed by atoms with E-state index < -0.39 is 21.5 Å². The summed E-state index contributed by atoms with van der Waals surface area (Å²) >= 11 is 0. The Balaban J connectivity index is 0. The Morgan fingerprint density at radius 3 is 1.46 bits per heavy atom. The average molecular weight is 445 g/mol. The molecule has 1 N–H and O–H groups in total. The summed E-state index contributed by atoms with van der Waals surface area (Å²) < 4.78 is 33.5. The van der Waals surface area contributed by atoms with Crippen molar-refractivity contribution in [1.82, 2.24) is 0 Å². The monoisotopic (exact) mass is 444 g/mol. The van der Waals surface area contributed by atoms with Gasteiger partial charge in [0.05, 0.1) is 16.2 Å². The van der Waals surface area contributed by atoms with E-state index in [1.165, 1.54) is 70.6 Å². The smallest absolute Gasteiger partial charge is 0.748 e. The van der Waals surface area contributed by atoms with Crippen LogP contribution in [-0.4, -0.2) is 29.4 Å². The second kappa shape index (κ2) is 21.7. The zero-order valence-corrected chi connectivity index (χ0v) is 22.9. The van der Waals surface area contributed by atoms with Gasteiger partial charge in [0.15, 0.2) is 0 Å². The minimum Gasteiger partial charge on any atom is -0.748 e. The molecule has 0 aromatic rings. The van der Waals surface area contributed by atoms with Crippen molar-refractivity contribution in [3.05, 3.63) is 0 Å². The van der Waals surface area contributed by atoms with Gasteiger partial charge in [-0.2, -0.15) is 0 Å². The number of hydrogen-bond acceptors (Lipinski definition) is 4. The molecule has 164 valence electrons. The standard InChI is InChI=1S/C22H46O4S.K/c1-3-5-6-7-8-9-10-11-12-13-14-15-16-18-21(23)19-20-22(17-4-2)27(24,25)26;/h21-23H,3-20H2,1-2H3,(H,24,25,26);/q;+1/p-1. The molecule has 28 heavy (non-hydrogen) atoms. The summed E-state index contributed by atoms with van der Waals surface area (Å²) in [5, 5.41) is 9.18.